The molecule has 2 nitrogen and oxygen atoms in total. The molecule has 1 rings (SSSR count). The summed E-state index contributed by atoms with van der Waals surface area (Å²) in [7, 11) is 0. The summed E-state index contributed by atoms with van der Waals surface area (Å²) in [5.41, 5.74) is 0. The van der Waals surface area contributed by atoms with Crippen LogP contribution in [0.4, 0.5) is 4.48 Å². The number of carbonyl (C=O) groups is 1. The number of aldehydes is 1. The Morgan fingerprint density at radius 3 is 2.89 bits per heavy atom. The van der Waals surface area contributed by atoms with E-state index < -0.39 is 0 Å². The fourth-order valence-electron chi connectivity index (χ4n) is 1.07. The second-order valence-electron chi connectivity index (χ2n) is 2.41. The maximum Gasteiger partial charge on any atom is 0.124 e. The van der Waals surface area contributed by atoms with Crippen LogP contribution in [-0.4, -0.2) is 24.5 Å². The highest BCUT2D eigenvalue weighted by Gasteiger charge is 2.17. The fraction of sp³-hybridized carbons (Fsp3) is 0.833. The van der Waals surface area contributed by atoms with Crippen molar-refractivity contribution in [3.05, 3.63) is 0 Å². The van der Waals surface area contributed by atoms with Crippen LogP contribution in [0.3, 0.4) is 0 Å². The molecule has 0 aliphatic carbocycles. The van der Waals surface area contributed by atoms with E-state index in [2.05, 4.69) is 0 Å². The summed E-state index contributed by atoms with van der Waals surface area (Å²) in [6.45, 7) is 0.786. The number of carbonyl (C=O) groups excluding carboxylic acids is 1. The van der Waals surface area contributed by atoms with Crippen LogP contribution in [0.15, 0.2) is 0 Å². The van der Waals surface area contributed by atoms with Crippen molar-refractivity contribution in [2.45, 2.75) is 12.8 Å². The van der Waals surface area contributed by atoms with Gasteiger partial charge in [0, 0.05) is 19.0 Å². The molecule has 1 saturated heterocycles. The smallest absolute Gasteiger partial charge is 0.124 e. The summed E-state index contributed by atoms with van der Waals surface area (Å²) in [5, 5.41) is 0.711. The molecule has 9 heavy (non-hydrogen) atoms. The van der Waals surface area contributed by atoms with Crippen LogP contribution in [0.25, 0.3) is 0 Å². The number of rotatable bonds is 1. The molecule has 0 spiro atoms. The molecule has 0 aromatic rings. The van der Waals surface area contributed by atoms with Gasteiger partial charge in [-0.3, -0.25) is 0 Å². The molecule has 0 saturated carbocycles. The summed E-state index contributed by atoms with van der Waals surface area (Å²) in [5.74, 6) is -0.0660. The number of hydrogen-bond donors (Lipinski definition) is 0. The third-order valence-corrected chi connectivity index (χ3v) is 1.60. The van der Waals surface area contributed by atoms with Gasteiger partial charge in [-0.2, -0.15) is 0 Å². The van der Waals surface area contributed by atoms with Gasteiger partial charge in [-0.05, 0) is 12.8 Å². The zero-order valence-corrected chi connectivity index (χ0v) is 5.22. The minimum Gasteiger partial charge on any atom is -0.303 e. The van der Waals surface area contributed by atoms with E-state index in [-0.39, 0.29) is 5.92 Å². The van der Waals surface area contributed by atoms with Crippen molar-refractivity contribution < 1.29 is 9.28 Å². The second kappa shape index (κ2) is 2.92. The molecule has 0 aromatic carbocycles. The third kappa shape index (κ3) is 1.75. The molecule has 1 aliphatic heterocycles. The Morgan fingerprint density at radius 1 is 1.67 bits per heavy atom. The Morgan fingerprint density at radius 2 is 2.44 bits per heavy atom. The van der Waals surface area contributed by atoms with E-state index in [4.69, 9.17) is 0 Å². The first kappa shape index (κ1) is 6.68. The summed E-state index contributed by atoms with van der Waals surface area (Å²) < 4.78 is 12.3. The summed E-state index contributed by atoms with van der Waals surface area (Å²) >= 11 is 0. The van der Waals surface area contributed by atoms with Crippen LogP contribution >= 0.6 is 0 Å². The molecule has 0 radical (unpaired) electrons. The average molecular weight is 131 g/mol. The second-order valence-corrected chi connectivity index (χ2v) is 2.41. The minimum absolute atomic E-state index is 0.0660. The van der Waals surface area contributed by atoms with Crippen LogP contribution < -0.4 is 0 Å². The summed E-state index contributed by atoms with van der Waals surface area (Å²) in [6, 6.07) is 0. The van der Waals surface area contributed by atoms with Crippen molar-refractivity contribution >= 4 is 6.29 Å². The molecule has 1 atom stereocenters. The first-order valence-electron chi connectivity index (χ1n) is 3.19. The van der Waals surface area contributed by atoms with E-state index in [1.165, 1.54) is 0 Å². The standard InChI is InChI=1S/C6H10FNO/c7-8-3-1-2-6(4-8)5-9/h5-6H,1-4H2. The molecule has 1 unspecified atom stereocenters. The zero-order valence-electron chi connectivity index (χ0n) is 5.22. The maximum atomic E-state index is 12.3. The lowest BCUT2D eigenvalue weighted by Crippen LogP contribution is -2.29. The number of hydrogen-bond acceptors (Lipinski definition) is 2. The topological polar surface area (TPSA) is 20.3 Å². The number of halogens is 1. The third-order valence-electron chi connectivity index (χ3n) is 1.60. The van der Waals surface area contributed by atoms with Crippen LogP contribution in [0.5, 0.6) is 0 Å². The molecule has 1 fully saturated rings. The molecule has 0 amide bonds. The normalized spacial score (nSPS) is 30.1. The fourth-order valence-corrected chi connectivity index (χ4v) is 1.07. The highest BCUT2D eigenvalue weighted by atomic mass is 19.2. The number of piperidine rings is 1. The lowest BCUT2D eigenvalue weighted by atomic mass is 10.0. The Balaban J connectivity index is 2.31. The molecule has 3 heteroatoms. The lowest BCUT2D eigenvalue weighted by molar-refractivity contribution is -0.115. The van der Waals surface area contributed by atoms with Crippen LogP contribution in [0.2, 0.25) is 0 Å². The zero-order chi connectivity index (χ0) is 6.69. The molecular formula is C6H10FNO. The van der Waals surface area contributed by atoms with E-state index in [1.807, 2.05) is 0 Å². The Bertz CT molecular complexity index is 107. The maximum absolute atomic E-state index is 12.3. The van der Waals surface area contributed by atoms with Gasteiger partial charge in [0.05, 0.1) is 0 Å². The summed E-state index contributed by atoms with van der Waals surface area (Å²) in [6.07, 6.45) is 2.50. The van der Waals surface area contributed by atoms with Gasteiger partial charge in [-0.25, -0.2) is 0 Å². The number of nitrogens with zero attached hydrogens (tertiary/aromatic N) is 1. The van der Waals surface area contributed by atoms with Crippen molar-refractivity contribution in [3.63, 3.8) is 0 Å². The van der Waals surface area contributed by atoms with Crippen molar-refractivity contribution in [2.24, 2.45) is 5.92 Å². The van der Waals surface area contributed by atoms with Crippen LogP contribution in [0, 0.1) is 5.92 Å². The van der Waals surface area contributed by atoms with E-state index >= 15 is 0 Å². The lowest BCUT2D eigenvalue weighted by Gasteiger charge is -2.21. The largest absolute Gasteiger partial charge is 0.303 e. The molecule has 52 valence electrons. The van der Waals surface area contributed by atoms with Gasteiger partial charge >= 0.3 is 0 Å². The Labute approximate surface area is 53.6 Å². The van der Waals surface area contributed by atoms with Gasteiger partial charge < -0.3 is 4.79 Å². The van der Waals surface area contributed by atoms with E-state index in [0.717, 1.165) is 19.1 Å². The minimum atomic E-state index is -0.0660. The van der Waals surface area contributed by atoms with Gasteiger partial charge in [0.25, 0.3) is 0 Å². The molecule has 0 bridgehead atoms. The van der Waals surface area contributed by atoms with Crippen molar-refractivity contribution in [3.8, 4) is 0 Å². The molecular weight excluding hydrogens is 121 g/mol. The quantitative estimate of drug-likeness (QED) is 0.387. The Kier molecular flexibility index (Phi) is 2.16. The molecule has 1 aliphatic rings. The molecule has 0 aromatic heterocycles. The SMILES string of the molecule is O=CC1CCCN(F)C1. The Hall–Kier alpha value is -0.440. The predicted octanol–water partition coefficient (Wildman–Crippen LogP) is 0.782. The first-order chi connectivity index (χ1) is 4.33. The monoisotopic (exact) mass is 131 g/mol. The van der Waals surface area contributed by atoms with E-state index in [1.54, 1.807) is 0 Å². The van der Waals surface area contributed by atoms with Crippen molar-refractivity contribution in [2.75, 3.05) is 13.1 Å². The van der Waals surface area contributed by atoms with Crippen LogP contribution in [-0.2, 0) is 4.79 Å². The predicted molar refractivity (Wildman–Crippen MR) is 31.5 cm³/mol. The van der Waals surface area contributed by atoms with Crippen molar-refractivity contribution in [1.29, 1.82) is 0 Å². The van der Waals surface area contributed by atoms with Gasteiger partial charge in [0.15, 0.2) is 0 Å². The molecule has 1 heterocycles. The summed E-state index contributed by atoms with van der Waals surface area (Å²) in [4.78, 5) is 10.1. The average Bonchev–Trinajstić information content (AvgIpc) is 1.88. The van der Waals surface area contributed by atoms with E-state index in [9.17, 15) is 9.28 Å². The van der Waals surface area contributed by atoms with Gasteiger partial charge in [0.1, 0.15) is 6.29 Å². The van der Waals surface area contributed by atoms with E-state index in [0.29, 0.717) is 18.2 Å². The van der Waals surface area contributed by atoms with Crippen molar-refractivity contribution in [1.82, 2.24) is 5.12 Å². The highest BCUT2D eigenvalue weighted by Crippen LogP contribution is 2.13. The highest BCUT2D eigenvalue weighted by molar-refractivity contribution is 5.53. The van der Waals surface area contributed by atoms with Gasteiger partial charge in [-0.1, -0.05) is 0 Å². The van der Waals surface area contributed by atoms with Gasteiger partial charge in [-0.15, -0.1) is 9.60 Å². The van der Waals surface area contributed by atoms with Gasteiger partial charge in [0.2, 0.25) is 0 Å². The first-order valence-corrected chi connectivity index (χ1v) is 3.19. The van der Waals surface area contributed by atoms with Crippen LogP contribution in [0.1, 0.15) is 12.8 Å². The molecule has 0 N–H and O–H groups in total.